The van der Waals surface area contributed by atoms with Crippen LogP contribution < -0.4 is 0 Å². The molecule has 0 saturated carbocycles. The lowest BCUT2D eigenvalue weighted by Crippen LogP contribution is -2.08. The molecule has 1 heterocycles. The summed E-state index contributed by atoms with van der Waals surface area (Å²) in [5.74, 6) is 0. The first-order valence-corrected chi connectivity index (χ1v) is 6.74. The minimum absolute atomic E-state index is 0.137. The number of aryl methyl sites for hydroxylation is 1. The largest absolute Gasteiger partial charge is 0.133 e. The lowest BCUT2D eigenvalue weighted by molar-refractivity contribution is 0.372. The van der Waals surface area contributed by atoms with Crippen molar-refractivity contribution < 1.29 is 0 Å². The monoisotopic (exact) mass is 294 g/mol. The molecule has 1 aromatic heterocycles. The molecule has 1 unspecified atom stereocenters. The normalized spacial score (nSPS) is 14.4. The van der Waals surface area contributed by atoms with Gasteiger partial charge in [0.1, 0.15) is 0 Å². The summed E-state index contributed by atoms with van der Waals surface area (Å²) < 4.78 is 1.17. The third-order valence-electron chi connectivity index (χ3n) is 2.06. The molecular formula is C11H16BrClS. The Morgan fingerprint density at radius 1 is 1.50 bits per heavy atom. The van der Waals surface area contributed by atoms with Crippen molar-refractivity contribution in [2.75, 3.05) is 0 Å². The van der Waals surface area contributed by atoms with Gasteiger partial charge in [0.15, 0.2) is 0 Å². The molecule has 1 rings (SSSR count). The highest BCUT2D eigenvalue weighted by Crippen LogP contribution is 2.39. The van der Waals surface area contributed by atoms with Crippen molar-refractivity contribution in [3.05, 3.63) is 20.3 Å². The van der Waals surface area contributed by atoms with Gasteiger partial charge in [0.2, 0.25) is 0 Å². The second-order valence-corrected chi connectivity index (χ2v) is 7.96. The Morgan fingerprint density at radius 2 is 2.07 bits per heavy atom. The molecular weight excluding hydrogens is 280 g/mol. The minimum Gasteiger partial charge on any atom is -0.133 e. The summed E-state index contributed by atoms with van der Waals surface area (Å²) in [6.45, 7) is 8.79. The topological polar surface area (TPSA) is 0 Å². The standard InChI is InChI=1S/C11H16BrClS/c1-7-8(5-10(12)14-7)9(13)6-11(2,3)4/h5,9H,6H2,1-4H3. The van der Waals surface area contributed by atoms with Gasteiger partial charge in [0, 0.05) is 4.88 Å². The molecule has 3 heteroatoms. The summed E-state index contributed by atoms with van der Waals surface area (Å²) in [6, 6.07) is 2.14. The zero-order valence-electron chi connectivity index (χ0n) is 9.03. The highest BCUT2D eigenvalue weighted by Gasteiger charge is 2.20. The predicted molar refractivity (Wildman–Crippen MR) is 69.4 cm³/mol. The van der Waals surface area contributed by atoms with Gasteiger partial charge >= 0.3 is 0 Å². The van der Waals surface area contributed by atoms with E-state index in [-0.39, 0.29) is 10.8 Å². The molecule has 0 bridgehead atoms. The fraction of sp³-hybridized carbons (Fsp3) is 0.636. The van der Waals surface area contributed by atoms with E-state index in [1.54, 1.807) is 11.3 Å². The second kappa shape index (κ2) is 4.54. The number of rotatable bonds is 2. The lowest BCUT2D eigenvalue weighted by atomic mass is 9.88. The zero-order chi connectivity index (χ0) is 10.9. The summed E-state index contributed by atoms with van der Waals surface area (Å²) in [6.07, 6.45) is 1.01. The van der Waals surface area contributed by atoms with Crippen molar-refractivity contribution in [3.63, 3.8) is 0 Å². The molecule has 0 fully saturated rings. The highest BCUT2D eigenvalue weighted by atomic mass is 79.9. The van der Waals surface area contributed by atoms with Crippen LogP contribution in [0.2, 0.25) is 0 Å². The predicted octanol–water partition coefficient (Wildman–Crippen LogP) is 5.54. The molecule has 0 nitrogen and oxygen atoms in total. The maximum absolute atomic E-state index is 6.40. The van der Waals surface area contributed by atoms with Crippen LogP contribution in [0.1, 0.15) is 43.0 Å². The Morgan fingerprint density at radius 3 is 2.43 bits per heavy atom. The first kappa shape index (κ1) is 12.5. The molecule has 14 heavy (non-hydrogen) atoms. The molecule has 1 aromatic rings. The molecule has 0 aliphatic rings. The fourth-order valence-corrected chi connectivity index (χ4v) is 3.94. The zero-order valence-corrected chi connectivity index (χ0v) is 12.2. The van der Waals surface area contributed by atoms with Crippen LogP contribution in [-0.2, 0) is 0 Å². The van der Waals surface area contributed by atoms with Gasteiger partial charge in [-0.2, -0.15) is 0 Å². The van der Waals surface area contributed by atoms with Gasteiger partial charge in [0.05, 0.1) is 9.16 Å². The van der Waals surface area contributed by atoms with Crippen LogP contribution in [0.3, 0.4) is 0 Å². The first-order valence-electron chi connectivity index (χ1n) is 4.69. The van der Waals surface area contributed by atoms with Crippen molar-refractivity contribution in [1.82, 2.24) is 0 Å². The molecule has 0 aromatic carbocycles. The number of alkyl halides is 1. The van der Waals surface area contributed by atoms with E-state index < -0.39 is 0 Å². The van der Waals surface area contributed by atoms with E-state index >= 15 is 0 Å². The van der Waals surface area contributed by atoms with Crippen LogP contribution in [0.15, 0.2) is 9.85 Å². The van der Waals surface area contributed by atoms with Crippen molar-refractivity contribution >= 4 is 38.9 Å². The summed E-state index contributed by atoms with van der Waals surface area (Å²) in [5, 5.41) is 0.137. The SMILES string of the molecule is Cc1sc(Br)cc1C(Cl)CC(C)(C)C. The average Bonchev–Trinajstić information content (AvgIpc) is 2.26. The second-order valence-electron chi connectivity index (χ2n) is 4.79. The third-order valence-corrected chi connectivity index (χ3v) is 4.01. The number of hydrogen-bond acceptors (Lipinski definition) is 1. The lowest BCUT2D eigenvalue weighted by Gasteiger charge is -2.21. The van der Waals surface area contributed by atoms with Crippen LogP contribution in [0.25, 0.3) is 0 Å². The molecule has 0 spiro atoms. The fourth-order valence-electron chi connectivity index (χ4n) is 1.42. The van der Waals surface area contributed by atoms with Gasteiger partial charge in [-0.3, -0.25) is 0 Å². The third kappa shape index (κ3) is 3.56. The van der Waals surface area contributed by atoms with Crippen molar-refractivity contribution in [2.24, 2.45) is 5.41 Å². The van der Waals surface area contributed by atoms with Gasteiger partial charge in [-0.1, -0.05) is 20.8 Å². The number of thiophene rings is 1. The Hall–Kier alpha value is 0.470. The van der Waals surface area contributed by atoms with Crippen molar-refractivity contribution in [3.8, 4) is 0 Å². The summed E-state index contributed by atoms with van der Waals surface area (Å²) in [4.78, 5) is 1.32. The Bertz CT molecular complexity index is 312. The van der Waals surface area contributed by atoms with E-state index in [9.17, 15) is 0 Å². The Kier molecular flexibility index (Phi) is 4.07. The molecule has 0 saturated heterocycles. The molecule has 0 aliphatic carbocycles. The molecule has 0 N–H and O–H groups in total. The Labute approximate surface area is 104 Å². The van der Waals surface area contributed by atoms with E-state index in [0.717, 1.165) is 6.42 Å². The smallest absolute Gasteiger partial charge is 0.0704 e. The van der Waals surface area contributed by atoms with E-state index in [0.29, 0.717) is 0 Å². The van der Waals surface area contributed by atoms with Crippen molar-refractivity contribution in [2.45, 2.75) is 39.5 Å². The average molecular weight is 296 g/mol. The summed E-state index contributed by atoms with van der Waals surface area (Å²) in [7, 11) is 0. The van der Waals surface area contributed by atoms with Gasteiger partial charge in [-0.15, -0.1) is 22.9 Å². The Balaban J connectivity index is 2.79. The molecule has 80 valence electrons. The molecule has 1 atom stereocenters. The highest BCUT2D eigenvalue weighted by molar-refractivity contribution is 9.11. The molecule has 0 radical (unpaired) electrons. The summed E-state index contributed by atoms with van der Waals surface area (Å²) in [5.41, 5.74) is 1.56. The van der Waals surface area contributed by atoms with Gasteiger partial charge in [0.25, 0.3) is 0 Å². The first-order chi connectivity index (χ1) is 6.29. The maximum Gasteiger partial charge on any atom is 0.0704 e. The van der Waals surface area contributed by atoms with Gasteiger partial charge in [-0.25, -0.2) is 0 Å². The quantitative estimate of drug-likeness (QED) is 0.629. The van der Waals surface area contributed by atoms with E-state index in [2.05, 4.69) is 49.7 Å². The van der Waals surface area contributed by atoms with Crippen LogP contribution >= 0.6 is 38.9 Å². The summed E-state index contributed by atoms with van der Waals surface area (Å²) >= 11 is 11.6. The molecule has 0 amide bonds. The number of halogens is 2. The van der Waals surface area contributed by atoms with E-state index in [4.69, 9.17) is 11.6 Å². The van der Waals surface area contributed by atoms with Crippen LogP contribution in [0, 0.1) is 12.3 Å². The van der Waals surface area contributed by atoms with Crippen LogP contribution in [0.5, 0.6) is 0 Å². The maximum atomic E-state index is 6.40. The van der Waals surface area contributed by atoms with E-state index in [1.807, 2.05) is 0 Å². The van der Waals surface area contributed by atoms with Crippen LogP contribution in [0.4, 0.5) is 0 Å². The number of hydrogen-bond donors (Lipinski definition) is 0. The van der Waals surface area contributed by atoms with E-state index in [1.165, 1.54) is 14.2 Å². The van der Waals surface area contributed by atoms with Gasteiger partial charge < -0.3 is 0 Å². The minimum atomic E-state index is 0.137. The van der Waals surface area contributed by atoms with Gasteiger partial charge in [-0.05, 0) is 46.3 Å². The van der Waals surface area contributed by atoms with Crippen molar-refractivity contribution in [1.29, 1.82) is 0 Å². The van der Waals surface area contributed by atoms with Crippen LogP contribution in [-0.4, -0.2) is 0 Å². The molecule has 0 aliphatic heterocycles.